The molecule has 0 saturated heterocycles. The molecule has 0 aromatic carbocycles. The van der Waals surface area contributed by atoms with E-state index in [9.17, 15) is 4.79 Å². The summed E-state index contributed by atoms with van der Waals surface area (Å²) in [5.41, 5.74) is 4.86. The molecule has 1 rings (SSSR count). The molecule has 5 nitrogen and oxygen atoms in total. The Labute approximate surface area is 109 Å². The highest BCUT2D eigenvalue weighted by atomic mass is 16.5. The highest BCUT2D eigenvalue weighted by Crippen LogP contribution is 2.39. The largest absolute Gasteiger partial charge is 0.377 e. The molecule has 1 saturated carbocycles. The van der Waals surface area contributed by atoms with Gasteiger partial charge in [-0.05, 0) is 39.2 Å². The lowest BCUT2D eigenvalue weighted by Crippen LogP contribution is -2.60. The van der Waals surface area contributed by atoms with Crippen LogP contribution in [0.4, 0.5) is 0 Å². The highest BCUT2D eigenvalue weighted by Gasteiger charge is 2.49. The maximum atomic E-state index is 11.7. The molecule has 0 aromatic rings. The summed E-state index contributed by atoms with van der Waals surface area (Å²) in [6, 6.07) is 0. The quantitative estimate of drug-likeness (QED) is 0.565. The number of hydrogen-bond acceptors (Lipinski definition) is 4. The van der Waals surface area contributed by atoms with Gasteiger partial charge in [-0.15, -0.1) is 0 Å². The molecular weight excluding hydrogens is 232 g/mol. The van der Waals surface area contributed by atoms with Crippen molar-refractivity contribution < 1.29 is 14.3 Å². The second kappa shape index (κ2) is 7.07. The molecule has 0 radical (unpaired) electrons. The Balaban J connectivity index is 2.39. The Morgan fingerprint density at radius 2 is 2.11 bits per heavy atom. The fraction of sp³-hybridized carbons (Fsp3) is 0.923. The van der Waals surface area contributed by atoms with Crippen LogP contribution in [0.15, 0.2) is 0 Å². The van der Waals surface area contributed by atoms with Crippen LogP contribution < -0.4 is 11.1 Å². The number of ether oxygens (including phenoxy) is 2. The minimum atomic E-state index is -0.688. The van der Waals surface area contributed by atoms with Crippen LogP contribution in [-0.4, -0.2) is 43.9 Å². The Hall–Kier alpha value is -0.650. The second-order valence-electron chi connectivity index (χ2n) is 5.11. The molecule has 0 aliphatic heterocycles. The number of primary amides is 1. The monoisotopic (exact) mass is 258 g/mol. The van der Waals surface area contributed by atoms with Gasteiger partial charge in [-0.2, -0.15) is 0 Å². The molecule has 1 fully saturated rings. The number of amides is 1. The number of carbonyl (C=O) groups excluding carboxylic acids is 1. The Kier molecular flexibility index (Phi) is 6.05. The molecule has 5 heteroatoms. The molecule has 106 valence electrons. The van der Waals surface area contributed by atoms with Gasteiger partial charge in [-0.1, -0.05) is 6.92 Å². The minimum absolute atomic E-state index is 0.201. The number of likely N-dealkylation sites (N-methyl/N-ethyl adjacent to an activating group) is 1. The molecule has 1 aliphatic carbocycles. The van der Waals surface area contributed by atoms with Crippen molar-refractivity contribution in [2.45, 2.75) is 45.3 Å². The van der Waals surface area contributed by atoms with E-state index >= 15 is 0 Å². The average Bonchev–Trinajstić information content (AvgIpc) is 3.10. The number of hydrogen-bond donors (Lipinski definition) is 2. The lowest BCUT2D eigenvalue weighted by molar-refractivity contribution is -0.128. The van der Waals surface area contributed by atoms with Gasteiger partial charge >= 0.3 is 0 Å². The molecule has 0 bridgehead atoms. The Morgan fingerprint density at radius 1 is 1.44 bits per heavy atom. The van der Waals surface area contributed by atoms with Gasteiger partial charge in [0, 0.05) is 0 Å². The third-order valence-corrected chi connectivity index (χ3v) is 3.21. The first-order chi connectivity index (χ1) is 8.53. The molecular formula is C13H26N2O3. The van der Waals surface area contributed by atoms with E-state index in [0.717, 1.165) is 12.8 Å². The van der Waals surface area contributed by atoms with Crippen molar-refractivity contribution in [3.63, 3.8) is 0 Å². The maximum Gasteiger partial charge on any atom is 0.240 e. The summed E-state index contributed by atoms with van der Waals surface area (Å²) in [6.07, 6.45) is 2.29. The zero-order valence-electron chi connectivity index (χ0n) is 11.7. The maximum absolute atomic E-state index is 11.7. The van der Waals surface area contributed by atoms with Crippen molar-refractivity contribution >= 4 is 5.91 Å². The predicted octanol–water partition coefficient (Wildman–Crippen LogP) is 0.672. The molecule has 18 heavy (non-hydrogen) atoms. The SMILES string of the molecule is CCNC(COCCOC(C)C)(C(N)=O)C1CC1. The number of carbonyl (C=O) groups is 1. The van der Waals surface area contributed by atoms with E-state index in [4.69, 9.17) is 15.2 Å². The van der Waals surface area contributed by atoms with E-state index in [1.807, 2.05) is 20.8 Å². The molecule has 1 atom stereocenters. The smallest absolute Gasteiger partial charge is 0.240 e. The fourth-order valence-corrected chi connectivity index (χ4v) is 2.14. The summed E-state index contributed by atoms with van der Waals surface area (Å²) in [4.78, 5) is 11.7. The van der Waals surface area contributed by atoms with E-state index < -0.39 is 5.54 Å². The van der Waals surface area contributed by atoms with Crippen LogP contribution in [0, 0.1) is 5.92 Å². The normalized spacial score (nSPS) is 18.9. The number of nitrogens with one attached hydrogen (secondary N) is 1. The molecule has 1 aliphatic rings. The summed E-state index contributed by atoms with van der Waals surface area (Å²) in [5.74, 6) is 0.0117. The Morgan fingerprint density at radius 3 is 2.56 bits per heavy atom. The molecule has 3 N–H and O–H groups in total. The molecule has 0 spiro atoms. The van der Waals surface area contributed by atoms with Crippen LogP contribution in [0.1, 0.15) is 33.6 Å². The van der Waals surface area contributed by atoms with Gasteiger partial charge in [0.15, 0.2) is 0 Å². The van der Waals surface area contributed by atoms with Gasteiger partial charge in [-0.25, -0.2) is 0 Å². The molecule has 0 aromatic heterocycles. The standard InChI is InChI=1S/C13H26N2O3/c1-4-15-13(12(14)16,11-5-6-11)9-17-7-8-18-10(2)3/h10-11,15H,4-9H2,1-3H3,(H2,14,16). The van der Waals surface area contributed by atoms with Gasteiger partial charge in [-0.3, -0.25) is 4.79 Å². The highest BCUT2D eigenvalue weighted by molar-refractivity contribution is 5.85. The van der Waals surface area contributed by atoms with Crippen LogP contribution in [-0.2, 0) is 14.3 Å². The van der Waals surface area contributed by atoms with E-state index in [-0.39, 0.29) is 12.0 Å². The van der Waals surface area contributed by atoms with Crippen LogP contribution >= 0.6 is 0 Å². The number of nitrogens with two attached hydrogens (primary N) is 1. The van der Waals surface area contributed by atoms with E-state index in [2.05, 4.69) is 5.32 Å². The summed E-state index contributed by atoms with van der Waals surface area (Å²) in [6.45, 7) is 8.03. The third-order valence-electron chi connectivity index (χ3n) is 3.21. The summed E-state index contributed by atoms with van der Waals surface area (Å²) >= 11 is 0. The van der Waals surface area contributed by atoms with Crippen molar-refractivity contribution in [1.82, 2.24) is 5.32 Å². The van der Waals surface area contributed by atoms with Crippen molar-refractivity contribution in [1.29, 1.82) is 0 Å². The van der Waals surface area contributed by atoms with E-state index in [0.29, 0.717) is 32.3 Å². The fourth-order valence-electron chi connectivity index (χ4n) is 2.14. The van der Waals surface area contributed by atoms with Gasteiger partial charge in [0.05, 0.1) is 25.9 Å². The molecule has 0 heterocycles. The van der Waals surface area contributed by atoms with Crippen molar-refractivity contribution in [3.8, 4) is 0 Å². The lowest BCUT2D eigenvalue weighted by Gasteiger charge is -2.31. The van der Waals surface area contributed by atoms with Crippen LogP contribution in [0.5, 0.6) is 0 Å². The molecule has 1 amide bonds. The van der Waals surface area contributed by atoms with Gasteiger partial charge in [0.1, 0.15) is 5.54 Å². The van der Waals surface area contributed by atoms with E-state index in [1.165, 1.54) is 0 Å². The van der Waals surface area contributed by atoms with Gasteiger partial charge in [0.2, 0.25) is 5.91 Å². The van der Waals surface area contributed by atoms with Gasteiger partial charge < -0.3 is 20.5 Å². The average molecular weight is 258 g/mol. The van der Waals surface area contributed by atoms with E-state index in [1.54, 1.807) is 0 Å². The first-order valence-electron chi connectivity index (χ1n) is 6.77. The topological polar surface area (TPSA) is 73.6 Å². The minimum Gasteiger partial charge on any atom is -0.377 e. The zero-order chi connectivity index (χ0) is 13.6. The zero-order valence-corrected chi connectivity index (χ0v) is 11.7. The number of rotatable bonds is 10. The molecule has 1 unspecified atom stereocenters. The first-order valence-corrected chi connectivity index (χ1v) is 6.77. The summed E-state index contributed by atoms with van der Waals surface area (Å²) < 4.78 is 11.0. The summed E-state index contributed by atoms with van der Waals surface area (Å²) in [5, 5.41) is 3.22. The Bertz CT molecular complexity index is 267. The second-order valence-corrected chi connectivity index (χ2v) is 5.11. The first kappa shape index (κ1) is 15.4. The van der Waals surface area contributed by atoms with Gasteiger partial charge in [0.25, 0.3) is 0 Å². The van der Waals surface area contributed by atoms with Crippen molar-refractivity contribution in [3.05, 3.63) is 0 Å². The van der Waals surface area contributed by atoms with Crippen molar-refractivity contribution in [2.24, 2.45) is 11.7 Å². The predicted molar refractivity (Wildman–Crippen MR) is 70.2 cm³/mol. The third kappa shape index (κ3) is 4.23. The van der Waals surface area contributed by atoms with Crippen LogP contribution in [0.2, 0.25) is 0 Å². The van der Waals surface area contributed by atoms with Crippen molar-refractivity contribution in [2.75, 3.05) is 26.4 Å². The lowest BCUT2D eigenvalue weighted by atomic mass is 9.93. The summed E-state index contributed by atoms with van der Waals surface area (Å²) in [7, 11) is 0. The van der Waals surface area contributed by atoms with Crippen LogP contribution in [0.25, 0.3) is 0 Å². The van der Waals surface area contributed by atoms with Crippen LogP contribution in [0.3, 0.4) is 0 Å².